The highest BCUT2D eigenvalue weighted by Gasteiger charge is 1.88. The van der Waals surface area contributed by atoms with Crippen LogP contribution in [0, 0.1) is 0 Å². The number of rotatable bonds is 2. The fourth-order valence-electron chi connectivity index (χ4n) is 0.243. The molecule has 0 aliphatic heterocycles. The molecule has 0 amide bonds. The number of carbonyl (C=O) groups is 1. The molecule has 0 rings (SSSR count). The van der Waals surface area contributed by atoms with E-state index < -0.39 is 0 Å². The van der Waals surface area contributed by atoms with Crippen LogP contribution < -0.4 is 0 Å². The van der Waals surface area contributed by atoms with Gasteiger partial charge in [-0.1, -0.05) is 14.3 Å². The fourth-order valence-corrected chi connectivity index (χ4v) is 0.361. The van der Waals surface area contributed by atoms with Crippen LogP contribution >= 0.6 is 8.86 Å². The zero-order valence-corrected chi connectivity index (χ0v) is 5.60. The highest BCUT2D eigenvalue weighted by atomic mass is 31.0. The van der Waals surface area contributed by atoms with Gasteiger partial charge in [-0.3, -0.25) is 0 Å². The van der Waals surface area contributed by atoms with E-state index in [4.69, 9.17) is 0 Å². The second-order valence-electron chi connectivity index (χ2n) is 1.04. The smallest absolute Gasteiger partial charge is 0.338 e. The SMILES string of the molecule is CCOC(=O)C=C=P. The van der Waals surface area contributed by atoms with Gasteiger partial charge in [-0.2, -0.15) is 0 Å². The van der Waals surface area contributed by atoms with E-state index in [-0.39, 0.29) is 5.97 Å². The van der Waals surface area contributed by atoms with Crippen molar-refractivity contribution in [1.29, 1.82) is 0 Å². The van der Waals surface area contributed by atoms with E-state index in [1.807, 2.05) is 0 Å². The first-order valence-electron chi connectivity index (χ1n) is 2.23. The number of hydrogen-bond acceptors (Lipinski definition) is 2. The molecule has 0 aromatic rings. The van der Waals surface area contributed by atoms with Crippen LogP contribution in [-0.4, -0.2) is 18.0 Å². The minimum atomic E-state index is -0.373. The molecule has 3 heteroatoms. The second-order valence-corrected chi connectivity index (χ2v) is 1.33. The zero-order chi connectivity index (χ0) is 6.41. The predicted octanol–water partition coefficient (Wildman–Crippen LogP) is 0.650. The van der Waals surface area contributed by atoms with Crippen molar-refractivity contribution in [2.75, 3.05) is 6.61 Å². The third kappa shape index (κ3) is 3.60. The van der Waals surface area contributed by atoms with Gasteiger partial charge < -0.3 is 4.74 Å². The van der Waals surface area contributed by atoms with E-state index in [1.165, 1.54) is 6.08 Å². The first kappa shape index (κ1) is 7.42. The van der Waals surface area contributed by atoms with E-state index in [1.54, 1.807) is 6.92 Å². The van der Waals surface area contributed by atoms with Gasteiger partial charge in [-0.05, 0) is 6.92 Å². The Hall–Kier alpha value is -0.580. The minimum absolute atomic E-state index is 0.373. The largest absolute Gasteiger partial charge is 0.462 e. The summed E-state index contributed by atoms with van der Waals surface area (Å²) in [6.07, 6.45) is 1.18. The summed E-state index contributed by atoms with van der Waals surface area (Å²) in [5.74, 6) is -0.373. The molecule has 8 heavy (non-hydrogen) atoms. The first-order chi connectivity index (χ1) is 3.81. The Bertz CT molecular complexity index is 124. The van der Waals surface area contributed by atoms with Crippen LogP contribution in [0.1, 0.15) is 6.92 Å². The number of ether oxygens (including phenoxy) is 1. The second kappa shape index (κ2) is 4.58. The lowest BCUT2D eigenvalue weighted by Gasteiger charge is -1.90. The van der Waals surface area contributed by atoms with Crippen molar-refractivity contribution in [2.24, 2.45) is 0 Å². The molecule has 0 aromatic carbocycles. The molecule has 0 saturated heterocycles. The molecule has 0 unspecified atom stereocenters. The molecule has 0 bridgehead atoms. The van der Waals surface area contributed by atoms with Crippen molar-refractivity contribution in [3.05, 3.63) is 6.08 Å². The van der Waals surface area contributed by atoms with E-state index >= 15 is 0 Å². The molecule has 0 spiro atoms. The maximum Gasteiger partial charge on any atom is 0.338 e. The Morgan fingerprint density at radius 2 is 2.62 bits per heavy atom. The molecule has 44 valence electrons. The van der Waals surface area contributed by atoms with Crippen molar-refractivity contribution in [3.63, 3.8) is 0 Å². The normalized spacial score (nSPS) is 7.12. The van der Waals surface area contributed by atoms with E-state index in [0.717, 1.165) is 0 Å². The van der Waals surface area contributed by atoms with Crippen LogP contribution in [-0.2, 0) is 9.53 Å². The van der Waals surface area contributed by atoms with Gasteiger partial charge in [0.2, 0.25) is 0 Å². The van der Waals surface area contributed by atoms with Crippen LogP contribution in [0.25, 0.3) is 0 Å². The third-order valence-corrected chi connectivity index (χ3v) is 0.621. The van der Waals surface area contributed by atoms with Crippen molar-refractivity contribution in [1.82, 2.24) is 0 Å². The number of esters is 1. The molecule has 0 radical (unpaired) electrons. The molecule has 0 fully saturated rings. The van der Waals surface area contributed by atoms with Crippen molar-refractivity contribution < 1.29 is 9.53 Å². The average Bonchev–Trinajstić information content (AvgIpc) is 1.68. The standard InChI is InChI=1S/C5H7O2P/c1-2-7-5(6)3-4-8/h3,8H,2H2,1H3. The summed E-state index contributed by atoms with van der Waals surface area (Å²) in [5, 5.41) is 0. The van der Waals surface area contributed by atoms with Crippen LogP contribution in [0.2, 0.25) is 0 Å². The van der Waals surface area contributed by atoms with Gasteiger partial charge in [0.25, 0.3) is 0 Å². The molecular weight excluding hydrogens is 123 g/mol. The summed E-state index contributed by atoms with van der Waals surface area (Å²) in [7, 11) is 2.86. The van der Waals surface area contributed by atoms with Crippen LogP contribution in [0.3, 0.4) is 0 Å². The number of carbonyl (C=O) groups excluding carboxylic acids is 1. The van der Waals surface area contributed by atoms with E-state index in [9.17, 15) is 4.79 Å². The molecule has 0 saturated carbocycles. The molecule has 0 atom stereocenters. The van der Waals surface area contributed by atoms with Gasteiger partial charge >= 0.3 is 5.97 Å². The van der Waals surface area contributed by atoms with Gasteiger partial charge in [0.15, 0.2) is 0 Å². The van der Waals surface area contributed by atoms with Crippen molar-refractivity contribution in [3.8, 4) is 0 Å². The van der Waals surface area contributed by atoms with Crippen LogP contribution in [0.15, 0.2) is 6.08 Å². The van der Waals surface area contributed by atoms with E-state index in [2.05, 4.69) is 19.1 Å². The van der Waals surface area contributed by atoms with Crippen molar-refractivity contribution in [2.45, 2.75) is 6.92 Å². The Morgan fingerprint density at radius 1 is 2.00 bits per heavy atom. The van der Waals surface area contributed by atoms with Gasteiger partial charge in [-0.25, -0.2) is 4.79 Å². The zero-order valence-electron chi connectivity index (χ0n) is 4.60. The van der Waals surface area contributed by atoms with Crippen LogP contribution in [0.4, 0.5) is 0 Å². The number of hydrogen-bond donors (Lipinski definition) is 0. The highest BCUT2D eigenvalue weighted by Crippen LogP contribution is 1.75. The maximum absolute atomic E-state index is 10.3. The first-order valence-corrected chi connectivity index (χ1v) is 2.73. The Balaban J connectivity index is 3.49. The Labute approximate surface area is 50.4 Å². The topological polar surface area (TPSA) is 26.3 Å². The predicted molar refractivity (Wildman–Crippen MR) is 34.5 cm³/mol. The molecule has 0 aliphatic rings. The summed E-state index contributed by atoms with van der Waals surface area (Å²) in [6.45, 7) is 2.16. The summed E-state index contributed by atoms with van der Waals surface area (Å²) >= 11 is 0. The molecule has 2 nitrogen and oxygen atoms in total. The molecule has 0 N–H and O–H groups in total. The van der Waals surface area contributed by atoms with Gasteiger partial charge in [0.1, 0.15) is 0 Å². The third-order valence-electron chi connectivity index (χ3n) is 0.477. The van der Waals surface area contributed by atoms with Crippen LogP contribution in [0.5, 0.6) is 0 Å². The molecule has 0 aromatic heterocycles. The highest BCUT2D eigenvalue weighted by molar-refractivity contribution is 7.17. The lowest BCUT2D eigenvalue weighted by Crippen LogP contribution is -1.98. The lowest BCUT2D eigenvalue weighted by atomic mass is 10.6. The van der Waals surface area contributed by atoms with Gasteiger partial charge in [-0.15, -0.1) is 0 Å². The Morgan fingerprint density at radius 3 is 3.00 bits per heavy atom. The molecule has 0 heterocycles. The summed E-state index contributed by atoms with van der Waals surface area (Å²) in [5.41, 5.74) is 2.36. The average molecular weight is 130 g/mol. The summed E-state index contributed by atoms with van der Waals surface area (Å²) in [6, 6.07) is 0. The fraction of sp³-hybridized carbons (Fsp3) is 0.400. The van der Waals surface area contributed by atoms with E-state index in [0.29, 0.717) is 6.61 Å². The maximum atomic E-state index is 10.3. The monoisotopic (exact) mass is 130 g/mol. The summed E-state index contributed by atoms with van der Waals surface area (Å²) < 4.78 is 4.49. The Kier molecular flexibility index (Phi) is 4.24. The lowest BCUT2D eigenvalue weighted by molar-refractivity contribution is -0.137. The minimum Gasteiger partial charge on any atom is -0.462 e. The molecule has 0 aliphatic carbocycles. The molecular formula is C5H7O2P. The quantitative estimate of drug-likeness (QED) is 0.311. The van der Waals surface area contributed by atoms with Gasteiger partial charge in [0, 0.05) is 0 Å². The van der Waals surface area contributed by atoms with Gasteiger partial charge in [0.05, 0.1) is 12.7 Å². The summed E-state index contributed by atoms with van der Waals surface area (Å²) in [4.78, 5) is 10.3. The van der Waals surface area contributed by atoms with Crippen molar-refractivity contribution >= 4 is 20.3 Å².